The summed E-state index contributed by atoms with van der Waals surface area (Å²) in [5, 5.41) is 13.8. The lowest BCUT2D eigenvalue weighted by Crippen LogP contribution is -2.23. The van der Waals surface area contributed by atoms with Crippen LogP contribution in [0.3, 0.4) is 0 Å². The molecule has 1 amide bonds. The van der Waals surface area contributed by atoms with Crippen LogP contribution >= 0.6 is 0 Å². The number of anilines is 1. The fraction of sp³-hybridized carbons (Fsp3) is 0.333. The van der Waals surface area contributed by atoms with Crippen LogP contribution in [0.1, 0.15) is 18.9 Å². The van der Waals surface area contributed by atoms with Gasteiger partial charge in [0.2, 0.25) is 5.91 Å². The van der Waals surface area contributed by atoms with Gasteiger partial charge < -0.3 is 21.0 Å². The van der Waals surface area contributed by atoms with E-state index in [4.69, 9.17) is 15.7 Å². The van der Waals surface area contributed by atoms with E-state index in [0.29, 0.717) is 6.61 Å². The molecular weight excluding hydrogens is 253 g/mol. The zero-order chi connectivity index (χ0) is 14.3. The maximum atomic E-state index is 13.6. The third kappa shape index (κ3) is 4.22. The van der Waals surface area contributed by atoms with Crippen LogP contribution in [0.5, 0.6) is 0 Å². The normalized spacial score (nSPS) is 11.4. The van der Waals surface area contributed by atoms with Gasteiger partial charge in [-0.25, -0.2) is 4.39 Å². The molecule has 6 nitrogen and oxygen atoms in total. The van der Waals surface area contributed by atoms with Crippen molar-refractivity contribution in [1.29, 1.82) is 0 Å². The van der Waals surface area contributed by atoms with E-state index in [1.165, 1.54) is 12.1 Å². The van der Waals surface area contributed by atoms with E-state index < -0.39 is 17.6 Å². The van der Waals surface area contributed by atoms with Crippen LogP contribution in [-0.4, -0.2) is 30.2 Å². The molecule has 0 saturated carbocycles. The Hall–Kier alpha value is -2.15. The Morgan fingerprint density at radius 3 is 2.95 bits per heavy atom. The number of amides is 1. The van der Waals surface area contributed by atoms with Crippen LogP contribution < -0.4 is 11.1 Å². The van der Waals surface area contributed by atoms with Gasteiger partial charge >= 0.3 is 0 Å². The zero-order valence-electron chi connectivity index (χ0n) is 10.5. The number of carbonyl (C=O) groups excluding carboxylic acids is 1. The van der Waals surface area contributed by atoms with Crippen LogP contribution in [0.25, 0.3) is 0 Å². The summed E-state index contributed by atoms with van der Waals surface area (Å²) in [7, 11) is 0. The van der Waals surface area contributed by atoms with Crippen LogP contribution in [-0.2, 0) is 9.53 Å². The Morgan fingerprint density at radius 2 is 2.32 bits per heavy atom. The third-order valence-corrected chi connectivity index (χ3v) is 2.23. The molecule has 0 aromatic heterocycles. The Balaban J connectivity index is 2.83. The Morgan fingerprint density at radius 1 is 1.58 bits per heavy atom. The van der Waals surface area contributed by atoms with Crippen molar-refractivity contribution in [3.63, 3.8) is 0 Å². The van der Waals surface area contributed by atoms with E-state index in [0.717, 1.165) is 12.5 Å². The maximum Gasteiger partial charge on any atom is 0.250 e. The van der Waals surface area contributed by atoms with Gasteiger partial charge in [0.05, 0.1) is 11.3 Å². The monoisotopic (exact) mass is 269 g/mol. The van der Waals surface area contributed by atoms with Crippen LogP contribution in [0.4, 0.5) is 10.1 Å². The lowest BCUT2D eigenvalue weighted by molar-refractivity contribution is -0.120. The number of hydrogen-bond acceptors (Lipinski definition) is 4. The van der Waals surface area contributed by atoms with Crippen molar-refractivity contribution in [2.45, 2.75) is 13.3 Å². The first-order valence-corrected chi connectivity index (χ1v) is 5.74. The lowest BCUT2D eigenvalue weighted by atomic mass is 10.1. The fourth-order valence-corrected chi connectivity index (χ4v) is 1.43. The highest BCUT2D eigenvalue weighted by atomic mass is 19.1. The number of amidine groups is 1. The van der Waals surface area contributed by atoms with Crippen LogP contribution in [0, 0.1) is 5.82 Å². The molecule has 0 fully saturated rings. The van der Waals surface area contributed by atoms with Crippen molar-refractivity contribution in [2.24, 2.45) is 10.9 Å². The van der Waals surface area contributed by atoms with Crippen molar-refractivity contribution in [3.05, 3.63) is 29.6 Å². The molecular formula is C12H16FN3O3. The molecule has 19 heavy (non-hydrogen) atoms. The van der Waals surface area contributed by atoms with E-state index >= 15 is 0 Å². The quantitative estimate of drug-likeness (QED) is 0.238. The summed E-state index contributed by atoms with van der Waals surface area (Å²) in [4.78, 5) is 11.6. The fourth-order valence-electron chi connectivity index (χ4n) is 1.43. The average Bonchev–Trinajstić information content (AvgIpc) is 2.38. The van der Waals surface area contributed by atoms with Gasteiger partial charge in [-0.2, -0.15) is 0 Å². The largest absolute Gasteiger partial charge is 0.409 e. The highest BCUT2D eigenvalue weighted by molar-refractivity contribution is 6.05. The van der Waals surface area contributed by atoms with Gasteiger partial charge in [-0.15, -0.1) is 0 Å². The third-order valence-electron chi connectivity index (χ3n) is 2.23. The predicted octanol–water partition coefficient (Wildman–Crippen LogP) is 1.29. The molecule has 0 bridgehead atoms. The summed E-state index contributed by atoms with van der Waals surface area (Å²) in [6.07, 6.45) is 0.794. The number of nitrogens with one attached hydrogen (secondary N) is 1. The molecule has 0 saturated heterocycles. The lowest BCUT2D eigenvalue weighted by Gasteiger charge is -2.11. The summed E-state index contributed by atoms with van der Waals surface area (Å²) in [6.45, 7) is 2.24. The molecule has 0 spiro atoms. The van der Waals surface area contributed by atoms with E-state index in [-0.39, 0.29) is 17.9 Å². The van der Waals surface area contributed by atoms with Gasteiger partial charge in [0, 0.05) is 6.61 Å². The first-order chi connectivity index (χ1) is 9.10. The number of carbonyl (C=O) groups is 1. The van der Waals surface area contributed by atoms with Crippen molar-refractivity contribution >= 4 is 17.4 Å². The molecule has 0 atom stereocenters. The molecule has 0 unspecified atom stereocenters. The van der Waals surface area contributed by atoms with Gasteiger partial charge in [-0.1, -0.05) is 18.1 Å². The highest BCUT2D eigenvalue weighted by Crippen LogP contribution is 2.18. The zero-order valence-corrected chi connectivity index (χ0v) is 10.5. The van der Waals surface area contributed by atoms with Crippen molar-refractivity contribution in [1.82, 2.24) is 0 Å². The summed E-state index contributed by atoms with van der Waals surface area (Å²) in [5.41, 5.74) is 5.34. The second-order valence-corrected chi connectivity index (χ2v) is 3.75. The number of nitrogens with two attached hydrogens (primary N) is 1. The number of benzene rings is 1. The minimum Gasteiger partial charge on any atom is -0.409 e. The molecule has 1 rings (SSSR count). The molecule has 0 aliphatic heterocycles. The SMILES string of the molecule is CCCOCC(=O)Nc1cccc(F)c1/C(N)=N/O. The highest BCUT2D eigenvalue weighted by Gasteiger charge is 2.14. The predicted molar refractivity (Wildman–Crippen MR) is 68.7 cm³/mol. The van der Waals surface area contributed by atoms with Crippen molar-refractivity contribution in [3.8, 4) is 0 Å². The second kappa shape index (κ2) is 7.32. The smallest absolute Gasteiger partial charge is 0.250 e. The second-order valence-electron chi connectivity index (χ2n) is 3.75. The van der Waals surface area contributed by atoms with Gasteiger partial charge in [0.25, 0.3) is 0 Å². The molecule has 0 aliphatic carbocycles. The minimum absolute atomic E-state index is 0.125. The summed E-state index contributed by atoms with van der Waals surface area (Å²) in [5.74, 6) is -1.54. The number of nitrogens with zero attached hydrogens (tertiary/aromatic N) is 1. The molecule has 1 aromatic rings. The standard InChI is InChI=1S/C12H16FN3O3/c1-2-6-19-7-10(17)15-9-5-3-4-8(13)11(9)12(14)16-18/h3-5,18H,2,6-7H2,1H3,(H2,14,16)(H,15,17). The molecule has 7 heteroatoms. The Labute approximate surface area is 110 Å². The number of rotatable bonds is 6. The van der Waals surface area contributed by atoms with Gasteiger partial charge in [0.1, 0.15) is 12.4 Å². The van der Waals surface area contributed by atoms with Crippen LogP contribution in [0.2, 0.25) is 0 Å². The average molecular weight is 269 g/mol. The molecule has 1 aromatic carbocycles. The molecule has 0 heterocycles. The van der Waals surface area contributed by atoms with E-state index in [2.05, 4.69) is 10.5 Å². The topological polar surface area (TPSA) is 96.9 Å². The van der Waals surface area contributed by atoms with E-state index in [1.54, 1.807) is 0 Å². The molecule has 104 valence electrons. The summed E-state index contributed by atoms with van der Waals surface area (Å²) in [6, 6.07) is 4.01. The number of ether oxygens (including phenoxy) is 1. The summed E-state index contributed by atoms with van der Waals surface area (Å²) >= 11 is 0. The number of hydrogen-bond donors (Lipinski definition) is 3. The van der Waals surface area contributed by atoms with E-state index in [9.17, 15) is 9.18 Å². The first kappa shape index (κ1) is 14.9. The van der Waals surface area contributed by atoms with Gasteiger partial charge in [-0.3, -0.25) is 4.79 Å². The molecule has 4 N–H and O–H groups in total. The number of halogens is 1. The first-order valence-electron chi connectivity index (χ1n) is 5.74. The number of oxime groups is 1. The van der Waals surface area contributed by atoms with Gasteiger partial charge in [0.15, 0.2) is 5.84 Å². The van der Waals surface area contributed by atoms with Crippen molar-refractivity contribution < 1.29 is 19.1 Å². The minimum atomic E-state index is -0.692. The molecule has 0 radical (unpaired) electrons. The summed E-state index contributed by atoms with van der Waals surface area (Å²) < 4.78 is 18.6. The van der Waals surface area contributed by atoms with Gasteiger partial charge in [-0.05, 0) is 18.6 Å². The maximum absolute atomic E-state index is 13.6. The molecule has 0 aliphatic rings. The Bertz CT molecular complexity index is 477. The van der Waals surface area contributed by atoms with Crippen LogP contribution in [0.15, 0.2) is 23.4 Å². The Kier molecular flexibility index (Phi) is 5.74. The van der Waals surface area contributed by atoms with E-state index in [1.807, 2.05) is 6.92 Å². The van der Waals surface area contributed by atoms with Crippen molar-refractivity contribution in [2.75, 3.05) is 18.5 Å².